The van der Waals surface area contributed by atoms with Crippen LogP contribution in [0.25, 0.3) is 0 Å². The Morgan fingerprint density at radius 3 is 2.56 bits per heavy atom. The van der Waals surface area contributed by atoms with Gasteiger partial charge in [0.1, 0.15) is 6.54 Å². The summed E-state index contributed by atoms with van der Waals surface area (Å²) in [5.74, 6) is -0.676. The van der Waals surface area contributed by atoms with E-state index in [1.54, 1.807) is 27.8 Å². The molecule has 0 spiro atoms. The first kappa shape index (κ1) is 13.9. The lowest BCUT2D eigenvalue weighted by molar-refractivity contribution is -0.388. The maximum Gasteiger partial charge on any atom is 0.406 e. The van der Waals surface area contributed by atoms with Crippen molar-refractivity contribution >= 4 is 17.6 Å². The molecule has 0 amide bonds. The third-order valence-electron chi connectivity index (χ3n) is 2.64. The molecule has 18 heavy (non-hydrogen) atoms. The molecule has 0 unspecified atom stereocenters. The van der Waals surface area contributed by atoms with Crippen molar-refractivity contribution in [1.29, 1.82) is 0 Å². The van der Waals surface area contributed by atoms with Crippen molar-refractivity contribution in [2.24, 2.45) is 7.05 Å². The van der Waals surface area contributed by atoms with Crippen LogP contribution < -0.4 is 4.90 Å². The molecule has 0 fully saturated rings. The van der Waals surface area contributed by atoms with Gasteiger partial charge in [-0.05, 0) is 23.8 Å². The van der Waals surface area contributed by atoms with Gasteiger partial charge in [-0.15, -0.1) is 0 Å². The van der Waals surface area contributed by atoms with E-state index in [0.717, 1.165) is 0 Å². The van der Waals surface area contributed by atoms with Gasteiger partial charge in [0.05, 0.1) is 0 Å². The molecule has 0 saturated carbocycles. The van der Waals surface area contributed by atoms with Gasteiger partial charge >= 0.3 is 11.8 Å². The number of nitrogens with zero attached hydrogens (tertiary/aromatic N) is 4. The molecule has 1 aromatic heterocycles. The highest BCUT2D eigenvalue weighted by molar-refractivity contribution is 5.75. The van der Waals surface area contributed by atoms with E-state index >= 15 is 0 Å². The zero-order chi connectivity index (χ0) is 14.0. The fraction of sp³-hybridized carbons (Fsp3) is 0.600. The lowest BCUT2D eigenvalue weighted by Crippen LogP contribution is -2.37. The molecular weight excluding hydrogens is 240 g/mol. The van der Waals surface area contributed by atoms with Crippen molar-refractivity contribution in [2.45, 2.75) is 26.8 Å². The van der Waals surface area contributed by atoms with Crippen LogP contribution >= 0.6 is 0 Å². The van der Waals surface area contributed by atoms with Gasteiger partial charge in [-0.2, -0.15) is 0 Å². The summed E-state index contributed by atoms with van der Waals surface area (Å²) < 4.78 is 1.53. The zero-order valence-electron chi connectivity index (χ0n) is 10.7. The van der Waals surface area contributed by atoms with Gasteiger partial charge in [0, 0.05) is 20.0 Å². The lowest BCUT2D eigenvalue weighted by atomic mass is 10.3. The zero-order valence-corrected chi connectivity index (χ0v) is 10.7. The Bertz CT molecular complexity index is 480. The number of carboxylic acids is 1. The number of aryl methyl sites for hydroxylation is 1. The van der Waals surface area contributed by atoms with E-state index in [1.807, 2.05) is 0 Å². The van der Waals surface area contributed by atoms with Gasteiger partial charge in [0.15, 0.2) is 0 Å². The molecule has 100 valence electrons. The number of imidazole rings is 1. The van der Waals surface area contributed by atoms with Gasteiger partial charge in [-0.1, -0.05) is 0 Å². The third kappa shape index (κ3) is 2.58. The molecular formula is C10H16N4O4. The molecule has 0 aliphatic rings. The van der Waals surface area contributed by atoms with Crippen LogP contribution in [-0.2, 0) is 11.8 Å². The van der Waals surface area contributed by atoms with Crippen molar-refractivity contribution < 1.29 is 14.8 Å². The van der Waals surface area contributed by atoms with Gasteiger partial charge < -0.3 is 20.1 Å². The Labute approximate surface area is 104 Å². The third-order valence-corrected chi connectivity index (χ3v) is 2.64. The molecule has 8 nitrogen and oxygen atoms in total. The summed E-state index contributed by atoms with van der Waals surface area (Å²) in [6.45, 7) is 4.87. The number of carbonyl (C=O) groups is 1. The van der Waals surface area contributed by atoms with E-state index in [4.69, 9.17) is 5.11 Å². The van der Waals surface area contributed by atoms with Crippen LogP contribution in [0.15, 0.2) is 0 Å². The number of anilines is 1. The topological polar surface area (TPSA) is 102 Å². The van der Waals surface area contributed by atoms with Crippen molar-refractivity contribution in [3.05, 3.63) is 15.9 Å². The van der Waals surface area contributed by atoms with E-state index in [-0.39, 0.29) is 24.2 Å². The summed E-state index contributed by atoms with van der Waals surface area (Å²) in [4.78, 5) is 26.5. The maximum absolute atomic E-state index is 11.0. The average molecular weight is 256 g/mol. The van der Waals surface area contributed by atoms with Gasteiger partial charge in [0.25, 0.3) is 0 Å². The fourth-order valence-corrected chi connectivity index (χ4v) is 1.67. The Kier molecular flexibility index (Phi) is 3.89. The maximum atomic E-state index is 11.0. The molecule has 1 N–H and O–H groups in total. The molecule has 0 bridgehead atoms. The minimum Gasteiger partial charge on any atom is -0.480 e. The van der Waals surface area contributed by atoms with Crippen LogP contribution in [0.1, 0.15) is 19.7 Å². The monoisotopic (exact) mass is 256 g/mol. The van der Waals surface area contributed by atoms with E-state index in [0.29, 0.717) is 5.82 Å². The molecule has 0 atom stereocenters. The fourth-order valence-electron chi connectivity index (χ4n) is 1.67. The summed E-state index contributed by atoms with van der Waals surface area (Å²) >= 11 is 0. The predicted molar refractivity (Wildman–Crippen MR) is 64.7 cm³/mol. The Balaban J connectivity index is 3.34. The minimum atomic E-state index is -1.04. The largest absolute Gasteiger partial charge is 0.480 e. The summed E-state index contributed by atoms with van der Waals surface area (Å²) in [6, 6.07) is -0.186. The normalized spacial score (nSPS) is 10.7. The van der Waals surface area contributed by atoms with E-state index in [9.17, 15) is 14.9 Å². The molecule has 0 aliphatic heterocycles. The number of carboxylic acid groups (broad SMARTS) is 1. The average Bonchev–Trinajstić information content (AvgIpc) is 2.52. The number of hydrogen-bond acceptors (Lipinski definition) is 5. The standard InChI is InChI=1S/C10H16N4O4/c1-6(2)13(5-8(15)16)10-9(14(17)18)11-7(3)12(10)4/h6H,5H2,1-4H3,(H,15,16). The highest BCUT2D eigenvalue weighted by Crippen LogP contribution is 2.29. The van der Waals surface area contributed by atoms with Crippen LogP contribution in [-0.4, -0.2) is 38.1 Å². The highest BCUT2D eigenvalue weighted by atomic mass is 16.6. The molecule has 1 heterocycles. The van der Waals surface area contributed by atoms with Gasteiger partial charge in [-0.3, -0.25) is 9.36 Å². The molecule has 1 rings (SSSR count). The van der Waals surface area contributed by atoms with Crippen LogP contribution in [0.5, 0.6) is 0 Å². The van der Waals surface area contributed by atoms with Crippen molar-refractivity contribution in [2.75, 3.05) is 11.4 Å². The van der Waals surface area contributed by atoms with E-state index in [2.05, 4.69) is 4.98 Å². The number of aromatic nitrogens is 2. The Morgan fingerprint density at radius 1 is 1.61 bits per heavy atom. The van der Waals surface area contributed by atoms with Gasteiger partial charge in [-0.25, -0.2) is 0 Å². The highest BCUT2D eigenvalue weighted by Gasteiger charge is 2.30. The number of rotatable bonds is 5. The van der Waals surface area contributed by atoms with Gasteiger partial charge in [0.2, 0.25) is 11.6 Å². The quantitative estimate of drug-likeness (QED) is 0.621. The first-order valence-electron chi connectivity index (χ1n) is 5.41. The molecule has 1 aromatic rings. The van der Waals surface area contributed by atoms with Crippen LogP contribution in [0.2, 0.25) is 0 Å². The van der Waals surface area contributed by atoms with E-state index < -0.39 is 10.9 Å². The van der Waals surface area contributed by atoms with Crippen LogP contribution in [0.3, 0.4) is 0 Å². The second-order valence-corrected chi connectivity index (χ2v) is 4.24. The molecule has 0 saturated heterocycles. The van der Waals surface area contributed by atoms with E-state index in [1.165, 1.54) is 9.47 Å². The summed E-state index contributed by atoms with van der Waals surface area (Å²) in [5, 5.41) is 19.8. The molecule has 8 heteroatoms. The first-order valence-corrected chi connectivity index (χ1v) is 5.41. The number of hydrogen-bond donors (Lipinski definition) is 1. The minimum absolute atomic E-state index is 0.186. The number of nitro groups is 1. The molecule has 0 radical (unpaired) electrons. The lowest BCUT2D eigenvalue weighted by Gasteiger charge is -2.25. The van der Waals surface area contributed by atoms with Crippen LogP contribution in [0.4, 0.5) is 11.6 Å². The predicted octanol–water partition coefficient (Wildman–Crippen LogP) is 0.936. The van der Waals surface area contributed by atoms with Crippen molar-refractivity contribution in [3.63, 3.8) is 0 Å². The summed E-state index contributed by atoms with van der Waals surface area (Å²) in [7, 11) is 1.63. The Morgan fingerprint density at radius 2 is 2.17 bits per heavy atom. The second-order valence-electron chi connectivity index (χ2n) is 4.24. The molecule has 0 aliphatic carbocycles. The first-order chi connectivity index (χ1) is 8.25. The second kappa shape index (κ2) is 5.03. The summed E-state index contributed by atoms with van der Waals surface area (Å²) in [5.41, 5.74) is 0. The SMILES string of the molecule is Cc1nc([N+](=O)[O-])c(N(CC(=O)O)C(C)C)n1C. The number of aliphatic carboxylic acids is 1. The Hall–Kier alpha value is -2.12. The smallest absolute Gasteiger partial charge is 0.406 e. The van der Waals surface area contributed by atoms with Crippen molar-refractivity contribution in [3.8, 4) is 0 Å². The summed E-state index contributed by atoms with van der Waals surface area (Å²) in [6.07, 6.45) is 0. The van der Waals surface area contributed by atoms with Crippen molar-refractivity contribution in [1.82, 2.24) is 9.55 Å². The molecule has 0 aromatic carbocycles. The van der Waals surface area contributed by atoms with Crippen LogP contribution in [0, 0.1) is 17.0 Å².